The summed E-state index contributed by atoms with van der Waals surface area (Å²) in [7, 11) is -1.90. The van der Waals surface area contributed by atoms with Gasteiger partial charge in [-0.15, -0.1) is 0 Å². The SMILES string of the molecule is Cc1cc(C(F)(F)F)ccc1C1=C(CN2CCN(c3ccc(C(=O)OC(C)(C)C)c(Oc4cnc5c(ccn5[Si](C)(C)C(C)(C)C)c4)c3)CC2)CCC(C)(C)C1. The summed E-state index contributed by atoms with van der Waals surface area (Å²) in [4.78, 5) is 23.1. The van der Waals surface area contributed by atoms with Crippen molar-refractivity contribution < 1.29 is 27.4 Å². The standard InChI is InChI=1S/C45H59F3N4O3Si/c1-30-24-33(45(46,47)48)12-14-36(30)38-27-44(8,9)18-16-32(38)29-50-20-22-51(23-21-50)34-13-15-37(41(53)55-42(2,3)4)39(26-34)54-35-25-31-17-19-52(40(31)49-28-35)56(10,11)43(5,6)7/h12-15,17,19,24-26,28H,16,18,20-23,27,29H2,1-11H3. The van der Waals surface area contributed by atoms with Gasteiger partial charge in [0.1, 0.15) is 28.3 Å². The lowest BCUT2D eigenvalue weighted by Gasteiger charge is -2.39. The Labute approximate surface area is 332 Å². The van der Waals surface area contributed by atoms with Crippen LogP contribution in [0.3, 0.4) is 0 Å². The van der Waals surface area contributed by atoms with E-state index in [0.717, 1.165) is 74.3 Å². The van der Waals surface area contributed by atoms with E-state index in [4.69, 9.17) is 14.5 Å². The molecule has 3 heterocycles. The number of allylic oxidation sites excluding steroid dienone is 1. The predicted octanol–water partition coefficient (Wildman–Crippen LogP) is 11.8. The number of fused-ring (bicyclic) bond motifs is 1. The van der Waals surface area contributed by atoms with Crippen molar-refractivity contribution in [1.82, 2.24) is 14.1 Å². The minimum atomic E-state index is -4.36. The van der Waals surface area contributed by atoms with Crippen molar-refractivity contribution in [3.63, 3.8) is 0 Å². The molecule has 7 nitrogen and oxygen atoms in total. The van der Waals surface area contributed by atoms with E-state index in [1.54, 1.807) is 25.3 Å². The lowest BCUT2D eigenvalue weighted by Crippen LogP contribution is -2.47. The summed E-state index contributed by atoms with van der Waals surface area (Å²) in [6.07, 6.45) is 2.32. The molecule has 0 atom stereocenters. The zero-order chi connectivity index (χ0) is 41.0. The van der Waals surface area contributed by atoms with E-state index in [2.05, 4.69) is 74.0 Å². The molecule has 6 rings (SSSR count). The van der Waals surface area contributed by atoms with Crippen LogP contribution in [0.5, 0.6) is 11.5 Å². The van der Waals surface area contributed by atoms with Crippen LogP contribution in [0.15, 0.2) is 66.5 Å². The van der Waals surface area contributed by atoms with Crippen LogP contribution in [0.4, 0.5) is 18.9 Å². The number of anilines is 1. The number of ether oxygens (including phenoxy) is 2. The van der Waals surface area contributed by atoms with Crippen LogP contribution in [0.25, 0.3) is 16.6 Å². The molecule has 0 unspecified atom stereocenters. The van der Waals surface area contributed by atoms with Gasteiger partial charge in [0.2, 0.25) is 0 Å². The highest BCUT2D eigenvalue weighted by atomic mass is 28.3. The quantitative estimate of drug-likeness (QED) is 0.131. The van der Waals surface area contributed by atoms with E-state index in [9.17, 15) is 18.0 Å². The van der Waals surface area contributed by atoms with Gasteiger partial charge < -0.3 is 18.6 Å². The number of nitrogens with zero attached hydrogens (tertiary/aromatic N) is 4. The second kappa shape index (κ2) is 15.0. The molecular weight excluding hydrogens is 730 g/mol. The minimum Gasteiger partial charge on any atom is -0.456 e. The maximum Gasteiger partial charge on any atom is 0.416 e. The molecule has 2 aromatic carbocycles. The van der Waals surface area contributed by atoms with Crippen molar-refractivity contribution in [3.8, 4) is 11.5 Å². The number of benzene rings is 2. The average Bonchev–Trinajstić information content (AvgIpc) is 3.52. The number of piperazine rings is 1. The molecule has 1 aliphatic carbocycles. The van der Waals surface area contributed by atoms with E-state index in [1.165, 1.54) is 23.3 Å². The van der Waals surface area contributed by atoms with Gasteiger partial charge in [0.05, 0.1) is 11.8 Å². The molecule has 4 aromatic rings. The molecule has 1 aliphatic heterocycles. The fourth-order valence-corrected chi connectivity index (χ4v) is 9.58. The number of esters is 1. The van der Waals surface area contributed by atoms with E-state index in [0.29, 0.717) is 22.6 Å². The largest absolute Gasteiger partial charge is 0.456 e. The van der Waals surface area contributed by atoms with Crippen molar-refractivity contribution in [2.24, 2.45) is 5.41 Å². The molecule has 11 heteroatoms. The molecule has 1 fully saturated rings. The Morgan fingerprint density at radius 3 is 2.25 bits per heavy atom. The Morgan fingerprint density at radius 1 is 0.929 bits per heavy atom. The molecule has 2 aromatic heterocycles. The van der Waals surface area contributed by atoms with E-state index in [-0.39, 0.29) is 10.5 Å². The first-order valence-electron chi connectivity index (χ1n) is 19.8. The molecule has 1 saturated heterocycles. The number of carbonyl (C=O) groups is 1. The summed E-state index contributed by atoms with van der Waals surface area (Å²) >= 11 is 0. The molecule has 0 spiro atoms. The van der Waals surface area contributed by atoms with Crippen molar-refractivity contribution in [1.29, 1.82) is 0 Å². The Hall–Kier alpha value is -4.09. The second-order valence-corrected chi connectivity index (χ2v) is 24.2. The summed E-state index contributed by atoms with van der Waals surface area (Å²) in [6.45, 7) is 27.4. The number of alkyl halides is 3. The Kier molecular flexibility index (Phi) is 11.1. The molecule has 302 valence electrons. The van der Waals surface area contributed by atoms with Gasteiger partial charge in [0, 0.05) is 49.9 Å². The van der Waals surface area contributed by atoms with Gasteiger partial charge in [0.25, 0.3) is 0 Å². The number of halogens is 3. The Morgan fingerprint density at radius 2 is 1.62 bits per heavy atom. The zero-order valence-corrected chi connectivity index (χ0v) is 36.1. The fourth-order valence-electron chi connectivity index (χ4n) is 7.70. The summed E-state index contributed by atoms with van der Waals surface area (Å²) in [5, 5.41) is 1.11. The van der Waals surface area contributed by atoms with Gasteiger partial charge in [0.15, 0.2) is 8.24 Å². The highest BCUT2D eigenvalue weighted by molar-refractivity contribution is 6.79. The first-order chi connectivity index (χ1) is 25.9. The van der Waals surface area contributed by atoms with Gasteiger partial charge in [-0.3, -0.25) is 4.90 Å². The highest BCUT2D eigenvalue weighted by Crippen LogP contribution is 2.45. The van der Waals surface area contributed by atoms with Crippen LogP contribution in [0.2, 0.25) is 18.1 Å². The van der Waals surface area contributed by atoms with Crippen molar-refractivity contribution in [3.05, 3.63) is 88.8 Å². The predicted molar refractivity (Wildman–Crippen MR) is 223 cm³/mol. The summed E-state index contributed by atoms with van der Waals surface area (Å²) < 4.78 is 55.2. The number of aromatic nitrogens is 2. The third kappa shape index (κ3) is 9.04. The molecule has 0 bridgehead atoms. The molecule has 2 aliphatic rings. The topological polar surface area (TPSA) is 59.8 Å². The first kappa shape index (κ1) is 41.5. The van der Waals surface area contributed by atoms with Crippen LogP contribution < -0.4 is 9.64 Å². The van der Waals surface area contributed by atoms with E-state index < -0.39 is 31.5 Å². The van der Waals surface area contributed by atoms with Crippen molar-refractivity contribution >= 4 is 36.5 Å². The van der Waals surface area contributed by atoms with Gasteiger partial charge in [-0.25, -0.2) is 9.78 Å². The van der Waals surface area contributed by atoms with Crippen LogP contribution in [0.1, 0.15) is 102 Å². The molecule has 56 heavy (non-hydrogen) atoms. The normalized spacial score (nSPS) is 17.4. The summed E-state index contributed by atoms with van der Waals surface area (Å²) in [6, 6.07) is 13.9. The van der Waals surface area contributed by atoms with Crippen LogP contribution in [0, 0.1) is 12.3 Å². The van der Waals surface area contributed by atoms with Crippen LogP contribution >= 0.6 is 0 Å². The van der Waals surface area contributed by atoms with Gasteiger partial charge in [-0.1, -0.05) is 59.4 Å². The van der Waals surface area contributed by atoms with Crippen molar-refractivity contribution in [2.75, 3.05) is 37.6 Å². The third-order valence-corrected chi connectivity index (χ3v) is 17.2. The average molecular weight is 789 g/mol. The Bertz CT molecular complexity index is 2130. The maximum absolute atomic E-state index is 13.5. The van der Waals surface area contributed by atoms with Crippen LogP contribution in [-0.4, -0.2) is 66.6 Å². The minimum absolute atomic E-state index is 0.0789. The zero-order valence-electron chi connectivity index (χ0n) is 35.1. The van der Waals surface area contributed by atoms with Gasteiger partial charge in [-0.05, 0) is 117 Å². The van der Waals surface area contributed by atoms with E-state index in [1.807, 2.05) is 39.0 Å². The molecule has 0 N–H and O–H groups in total. The van der Waals surface area contributed by atoms with Gasteiger partial charge >= 0.3 is 12.1 Å². The smallest absolute Gasteiger partial charge is 0.416 e. The molecule has 0 radical (unpaired) electrons. The number of pyridine rings is 1. The van der Waals surface area contributed by atoms with E-state index >= 15 is 0 Å². The number of rotatable bonds is 8. The fraction of sp³-hybridized carbons (Fsp3) is 0.511. The molecule has 0 saturated carbocycles. The number of aryl methyl sites for hydroxylation is 1. The maximum atomic E-state index is 13.5. The lowest BCUT2D eigenvalue weighted by molar-refractivity contribution is -0.137. The monoisotopic (exact) mass is 788 g/mol. The third-order valence-electron chi connectivity index (χ3n) is 12.0. The van der Waals surface area contributed by atoms with Gasteiger partial charge in [-0.2, -0.15) is 13.2 Å². The molecular formula is C45H59F3N4O3Si. The van der Waals surface area contributed by atoms with Crippen LogP contribution in [-0.2, 0) is 10.9 Å². The summed E-state index contributed by atoms with van der Waals surface area (Å²) in [5.74, 6) is 0.501. The highest BCUT2D eigenvalue weighted by Gasteiger charge is 2.39. The first-order valence-corrected chi connectivity index (χ1v) is 22.8. The second-order valence-electron chi connectivity index (χ2n) is 19.1. The summed E-state index contributed by atoms with van der Waals surface area (Å²) in [5.41, 5.74) is 5.14. The lowest BCUT2D eigenvalue weighted by atomic mass is 9.72. The Balaban J connectivity index is 1.23. The molecule has 0 amide bonds. The number of carbonyl (C=O) groups excluding carboxylic acids is 1. The number of hydrogen-bond acceptors (Lipinski definition) is 6. The van der Waals surface area contributed by atoms with Crippen molar-refractivity contribution in [2.45, 2.75) is 111 Å². The number of hydrogen-bond donors (Lipinski definition) is 0.